The highest BCUT2D eigenvalue weighted by Gasteiger charge is 2.19. The molecule has 0 atom stereocenters. The van der Waals surface area contributed by atoms with Crippen molar-refractivity contribution in [3.05, 3.63) is 54.1 Å². The lowest BCUT2D eigenvalue weighted by Gasteiger charge is -2.34. The minimum atomic E-state index is -0.452. The van der Waals surface area contributed by atoms with Crippen LogP contribution in [-0.2, 0) is 0 Å². The lowest BCUT2D eigenvalue weighted by Crippen LogP contribution is -2.44. The van der Waals surface area contributed by atoms with E-state index in [4.69, 9.17) is 0 Å². The first-order valence-corrected chi connectivity index (χ1v) is 8.79. The zero-order valence-electron chi connectivity index (χ0n) is 14.9. The maximum atomic E-state index is 14.4. The molecule has 2 aromatic carbocycles. The molecule has 2 N–H and O–H groups in total. The Morgan fingerprint density at radius 2 is 1.78 bits per heavy atom. The topological polar surface area (TPSA) is 55.4 Å². The lowest BCUT2D eigenvalue weighted by atomic mass is 10.1. The van der Waals surface area contributed by atoms with E-state index in [1.165, 1.54) is 24.3 Å². The van der Waals surface area contributed by atoms with Crippen molar-refractivity contribution in [1.29, 1.82) is 0 Å². The summed E-state index contributed by atoms with van der Waals surface area (Å²) in [6.07, 6.45) is 0. The van der Waals surface area contributed by atoms with E-state index in [0.29, 0.717) is 22.6 Å². The Morgan fingerprint density at radius 1 is 1.00 bits per heavy atom. The molecule has 0 unspecified atom stereocenters. The first-order valence-electron chi connectivity index (χ1n) is 8.79. The molecule has 0 amide bonds. The number of benzene rings is 2. The third-order valence-corrected chi connectivity index (χ3v) is 4.91. The molecule has 7 heteroatoms. The van der Waals surface area contributed by atoms with E-state index in [1.54, 1.807) is 18.2 Å². The number of phenolic OH excluding ortho intramolecular Hbond substituents is 1. The summed E-state index contributed by atoms with van der Waals surface area (Å²) in [5, 5.41) is 17.0. The van der Waals surface area contributed by atoms with Gasteiger partial charge in [0.25, 0.3) is 0 Å². The molecular formula is C20H20F2N4O. The molecule has 1 saturated heterocycles. The van der Waals surface area contributed by atoms with Crippen LogP contribution in [0.5, 0.6) is 5.75 Å². The number of hydrogen-bond donors (Lipinski definition) is 2. The van der Waals surface area contributed by atoms with Crippen LogP contribution in [0.2, 0.25) is 0 Å². The van der Waals surface area contributed by atoms with E-state index in [-0.39, 0.29) is 11.6 Å². The van der Waals surface area contributed by atoms with Crippen molar-refractivity contribution in [2.75, 3.05) is 38.1 Å². The molecule has 140 valence electrons. The average Bonchev–Trinajstić information content (AvgIpc) is 3.15. The lowest BCUT2D eigenvalue weighted by molar-refractivity contribution is 0.311. The Morgan fingerprint density at radius 3 is 2.56 bits per heavy atom. The third kappa shape index (κ3) is 3.50. The average molecular weight is 370 g/mol. The third-order valence-electron chi connectivity index (χ3n) is 4.91. The molecule has 0 saturated carbocycles. The number of aromatic amines is 1. The first kappa shape index (κ1) is 17.5. The number of nitrogens with one attached hydrogen (secondary N) is 1. The molecular weight excluding hydrogens is 350 g/mol. The molecule has 5 nitrogen and oxygen atoms in total. The van der Waals surface area contributed by atoms with Crippen molar-refractivity contribution in [3.63, 3.8) is 0 Å². The Bertz CT molecular complexity index is 964. The van der Waals surface area contributed by atoms with Gasteiger partial charge in [0, 0.05) is 37.3 Å². The fourth-order valence-electron chi connectivity index (χ4n) is 3.29. The number of piperazine rings is 1. The fraction of sp³-hybridized carbons (Fsp3) is 0.250. The summed E-state index contributed by atoms with van der Waals surface area (Å²) in [4.78, 5) is 4.25. The standard InChI is InChI=1S/C20H20F2N4O/c1-25-6-8-26(9-7-25)19-10-13(2-4-16(19)22)17-12-18(24-23-17)15-11-14(21)3-5-20(15)27/h2-5,10-12,27H,6-9H2,1H3,(H,23,24). The van der Waals surface area contributed by atoms with Crippen LogP contribution in [0.15, 0.2) is 42.5 Å². The molecule has 4 rings (SSSR count). The van der Waals surface area contributed by atoms with Crippen molar-refractivity contribution in [3.8, 4) is 28.3 Å². The van der Waals surface area contributed by atoms with E-state index in [0.717, 1.165) is 31.7 Å². The maximum Gasteiger partial charge on any atom is 0.146 e. The largest absolute Gasteiger partial charge is 0.507 e. The van der Waals surface area contributed by atoms with Gasteiger partial charge in [-0.15, -0.1) is 0 Å². The molecule has 1 fully saturated rings. The maximum absolute atomic E-state index is 14.4. The number of rotatable bonds is 3. The van der Waals surface area contributed by atoms with Crippen molar-refractivity contribution in [1.82, 2.24) is 15.1 Å². The summed E-state index contributed by atoms with van der Waals surface area (Å²) < 4.78 is 27.9. The SMILES string of the molecule is CN1CCN(c2cc(-c3cc(-c4cc(F)ccc4O)n[nH]3)ccc2F)CC1. The van der Waals surface area contributed by atoms with Gasteiger partial charge in [-0.3, -0.25) is 5.10 Å². The highest BCUT2D eigenvalue weighted by atomic mass is 19.1. The Hall–Kier alpha value is -2.93. The van der Waals surface area contributed by atoms with Crippen LogP contribution in [0.25, 0.3) is 22.5 Å². The zero-order chi connectivity index (χ0) is 19.0. The summed E-state index contributed by atoms with van der Waals surface area (Å²) >= 11 is 0. The summed E-state index contributed by atoms with van der Waals surface area (Å²) in [5.41, 5.74) is 2.74. The van der Waals surface area contributed by atoms with Gasteiger partial charge < -0.3 is 14.9 Å². The van der Waals surface area contributed by atoms with Crippen LogP contribution < -0.4 is 4.90 Å². The number of H-pyrrole nitrogens is 1. The second-order valence-corrected chi connectivity index (χ2v) is 6.78. The van der Waals surface area contributed by atoms with Crippen molar-refractivity contribution in [2.45, 2.75) is 0 Å². The van der Waals surface area contributed by atoms with Crippen LogP contribution in [0.3, 0.4) is 0 Å². The van der Waals surface area contributed by atoms with Crippen LogP contribution in [0, 0.1) is 11.6 Å². The highest BCUT2D eigenvalue weighted by molar-refractivity contribution is 5.73. The van der Waals surface area contributed by atoms with Gasteiger partial charge >= 0.3 is 0 Å². The minimum Gasteiger partial charge on any atom is -0.507 e. The fourth-order valence-corrected chi connectivity index (χ4v) is 3.29. The minimum absolute atomic E-state index is 0.0494. The van der Waals surface area contributed by atoms with Gasteiger partial charge in [-0.25, -0.2) is 8.78 Å². The number of aromatic hydroxyl groups is 1. The molecule has 0 radical (unpaired) electrons. The van der Waals surface area contributed by atoms with Gasteiger partial charge in [-0.05, 0) is 49.5 Å². The van der Waals surface area contributed by atoms with E-state index in [9.17, 15) is 13.9 Å². The van der Waals surface area contributed by atoms with Gasteiger partial charge in [-0.2, -0.15) is 5.10 Å². The quantitative estimate of drug-likeness (QED) is 0.741. The van der Waals surface area contributed by atoms with Crippen molar-refractivity contribution >= 4 is 5.69 Å². The Balaban J connectivity index is 1.66. The second-order valence-electron chi connectivity index (χ2n) is 6.78. The van der Waals surface area contributed by atoms with Gasteiger partial charge in [-0.1, -0.05) is 0 Å². The number of hydrogen-bond acceptors (Lipinski definition) is 4. The highest BCUT2D eigenvalue weighted by Crippen LogP contribution is 2.32. The number of aromatic nitrogens is 2. The van der Waals surface area contributed by atoms with Crippen LogP contribution in [0.4, 0.5) is 14.5 Å². The van der Waals surface area contributed by atoms with E-state index in [1.807, 2.05) is 4.90 Å². The zero-order valence-corrected chi connectivity index (χ0v) is 14.9. The predicted molar refractivity (Wildman–Crippen MR) is 101 cm³/mol. The molecule has 3 aromatic rings. The summed E-state index contributed by atoms with van der Waals surface area (Å²) in [5.74, 6) is -0.760. The normalized spacial score (nSPS) is 15.3. The summed E-state index contributed by atoms with van der Waals surface area (Å²) in [7, 11) is 2.05. The molecule has 0 aliphatic carbocycles. The van der Waals surface area contributed by atoms with Gasteiger partial charge in [0.1, 0.15) is 17.4 Å². The number of nitrogens with zero attached hydrogens (tertiary/aromatic N) is 3. The number of likely N-dealkylation sites (N-methyl/N-ethyl adjacent to an activating group) is 1. The van der Waals surface area contributed by atoms with E-state index in [2.05, 4.69) is 22.1 Å². The van der Waals surface area contributed by atoms with Crippen LogP contribution in [-0.4, -0.2) is 53.4 Å². The molecule has 0 bridgehead atoms. The number of anilines is 1. The van der Waals surface area contributed by atoms with Crippen molar-refractivity contribution in [2.24, 2.45) is 0 Å². The molecule has 1 aliphatic heterocycles. The van der Waals surface area contributed by atoms with Crippen LogP contribution in [0.1, 0.15) is 0 Å². The van der Waals surface area contributed by atoms with E-state index < -0.39 is 5.82 Å². The van der Waals surface area contributed by atoms with Crippen molar-refractivity contribution < 1.29 is 13.9 Å². The van der Waals surface area contributed by atoms with Gasteiger partial charge in [0.15, 0.2) is 0 Å². The molecule has 1 aromatic heterocycles. The Kier molecular flexibility index (Phi) is 4.53. The molecule has 0 spiro atoms. The van der Waals surface area contributed by atoms with E-state index >= 15 is 0 Å². The molecule has 27 heavy (non-hydrogen) atoms. The molecule has 1 aliphatic rings. The summed E-state index contributed by atoms with van der Waals surface area (Å²) in [6, 6.07) is 10.4. The molecule has 2 heterocycles. The number of halogens is 2. The number of phenols is 1. The predicted octanol–water partition coefficient (Wildman–Crippen LogP) is 3.48. The second kappa shape index (κ2) is 7.00. The monoisotopic (exact) mass is 370 g/mol. The van der Waals surface area contributed by atoms with Crippen LogP contribution >= 0.6 is 0 Å². The van der Waals surface area contributed by atoms with Gasteiger partial charge in [0.05, 0.1) is 17.1 Å². The summed E-state index contributed by atoms with van der Waals surface area (Å²) in [6.45, 7) is 3.30. The smallest absolute Gasteiger partial charge is 0.146 e. The van der Waals surface area contributed by atoms with Gasteiger partial charge in [0.2, 0.25) is 0 Å². The Labute approximate surface area is 155 Å². The first-order chi connectivity index (χ1) is 13.0.